The topological polar surface area (TPSA) is 35.9 Å². The summed E-state index contributed by atoms with van der Waals surface area (Å²) in [7, 11) is 0. The number of anilines is 1. The first kappa shape index (κ1) is 14.2. The Balaban J connectivity index is 1.64. The second kappa shape index (κ2) is 5.93. The van der Waals surface area contributed by atoms with Crippen LogP contribution in [-0.2, 0) is 4.79 Å². The first-order valence-corrected chi connectivity index (χ1v) is 8.00. The average Bonchev–Trinajstić information content (AvgIpc) is 2.90. The molecule has 2 aliphatic heterocycles. The van der Waals surface area contributed by atoms with E-state index in [0.717, 1.165) is 41.8 Å². The number of aliphatic imine (C=N–C) groups is 1. The number of hydrogen-bond donors (Lipinski definition) is 0. The van der Waals surface area contributed by atoms with Crippen LogP contribution in [0, 0.1) is 0 Å². The third-order valence-corrected chi connectivity index (χ3v) is 5.03. The van der Waals surface area contributed by atoms with Gasteiger partial charge in [0, 0.05) is 31.9 Å². The standard InChI is InChI=1S/C16H19N3OS/c1-12(2)14-15(20)17-16(21-14)19-10-8-18(9-11-19)13-6-4-3-5-7-13/h3-7H,8-11H2,1-2H3. The first-order chi connectivity index (χ1) is 10.1. The smallest absolute Gasteiger partial charge is 0.286 e. The van der Waals surface area contributed by atoms with Crippen molar-refractivity contribution in [1.29, 1.82) is 0 Å². The van der Waals surface area contributed by atoms with Crippen molar-refractivity contribution in [3.05, 3.63) is 40.8 Å². The van der Waals surface area contributed by atoms with Crippen molar-refractivity contribution in [1.82, 2.24) is 4.90 Å². The molecule has 0 N–H and O–H groups in total. The van der Waals surface area contributed by atoms with Crippen LogP contribution in [0.15, 0.2) is 45.8 Å². The van der Waals surface area contributed by atoms with Crippen molar-refractivity contribution in [2.45, 2.75) is 13.8 Å². The number of piperazine rings is 1. The molecule has 1 saturated heterocycles. The van der Waals surface area contributed by atoms with Gasteiger partial charge in [-0.25, -0.2) is 0 Å². The molecule has 1 amide bonds. The summed E-state index contributed by atoms with van der Waals surface area (Å²) in [6.07, 6.45) is 0. The Morgan fingerprint density at radius 1 is 1.05 bits per heavy atom. The van der Waals surface area contributed by atoms with Crippen LogP contribution in [0.5, 0.6) is 0 Å². The molecule has 21 heavy (non-hydrogen) atoms. The van der Waals surface area contributed by atoms with Gasteiger partial charge in [0.1, 0.15) is 0 Å². The SMILES string of the molecule is CC(C)=C1SC(N2CCN(c3ccccc3)CC2)=NC1=O. The molecule has 2 aliphatic rings. The second-order valence-electron chi connectivity index (χ2n) is 5.44. The number of allylic oxidation sites excluding steroid dienone is 1. The lowest BCUT2D eigenvalue weighted by molar-refractivity contribution is -0.113. The van der Waals surface area contributed by atoms with Gasteiger partial charge in [0.05, 0.1) is 4.91 Å². The number of amidine groups is 1. The Morgan fingerprint density at radius 3 is 2.24 bits per heavy atom. The Hall–Kier alpha value is -1.75. The molecule has 0 radical (unpaired) electrons. The van der Waals surface area contributed by atoms with E-state index in [1.807, 2.05) is 19.9 Å². The van der Waals surface area contributed by atoms with Gasteiger partial charge in [0.2, 0.25) is 0 Å². The Kier molecular flexibility index (Phi) is 4.01. The maximum atomic E-state index is 11.9. The van der Waals surface area contributed by atoms with Crippen molar-refractivity contribution < 1.29 is 4.79 Å². The van der Waals surface area contributed by atoms with E-state index in [0.29, 0.717) is 0 Å². The van der Waals surface area contributed by atoms with Gasteiger partial charge in [0.15, 0.2) is 5.17 Å². The molecule has 1 aromatic carbocycles. The van der Waals surface area contributed by atoms with Gasteiger partial charge in [-0.05, 0) is 37.7 Å². The molecule has 1 fully saturated rings. The summed E-state index contributed by atoms with van der Waals surface area (Å²) in [4.78, 5) is 21.4. The molecular weight excluding hydrogens is 282 g/mol. The lowest BCUT2D eigenvalue weighted by atomic mass is 10.2. The maximum absolute atomic E-state index is 11.9. The molecule has 0 spiro atoms. The summed E-state index contributed by atoms with van der Waals surface area (Å²) < 4.78 is 0. The van der Waals surface area contributed by atoms with Crippen LogP contribution in [0.3, 0.4) is 0 Å². The van der Waals surface area contributed by atoms with Crippen LogP contribution in [0.4, 0.5) is 5.69 Å². The van der Waals surface area contributed by atoms with E-state index in [9.17, 15) is 4.79 Å². The van der Waals surface area contributed by atoms with Crippen LogP contribution >= 0.6 is 11.8 Å². The highest BCUT2D eigenvalue weighted by molar-refractivity contribution is 8.18. The Bertz CT molecular complexity index is 597. The summed E-state index contributed by atoms with van der Waals surface area (Å²) in [5.41, 5.74) is 2.31. The van der Waals surface area contributed by atoms with E-state index < -0.39 is 0 Å². The van der Waals surface area contributed by atoms with Crippen molar-refractivity contribution in [3.8, 4) is 0 Å². The summed E-state index contributed by atoms with van der Waals surface area (Å²) in [6.45, 7) is 7.66. The van der Waals surface area contributed by atoms with Crippen LogP contribution in [0.1, 0.15) is 13.8 Å². The van der Waals surface area contributed by atoms with E-state index in [4.69, 9.17) is 0 Å². The van der Waals surface area contributed by atoms with Crippen LogP contribution in [-0.4, -0.2) is 42.2 Å². The summed E-state index contributed by atoms with van der Waals surface area (Å²) >= 11 is 1.52. The molecule has 0 atom stereocenters. The molecule has 5 heteroatoms. The molecule has 4 nitrogen and oxygen atoms in total. The number of carbonyl (C=O) groups excluding carboxylic acids is 1. The summed E-state index contributed by atoms with van der Waals surface area (Å²) in [6, 6.07) is 10.5. The lowest BCUT2D eigenvalue weighted by Crippen LogP contribution is -2.47. The fraction of sp³-hybridized carbons (Fsp3) is 0.375. The molecule has 110 valence electrons. The molecule has 0 unspecified atom stereocenters. The molecule has 0 bridgehead atoms. The number of nitrogens with zero attached hydrogens (tertiary/aromatic N) is 3. The zero-order valence-electron chi connectivity index (χ0n) is 12.4. The Morgan fingerprint density at radius 2 is 1.67 bits per heavy atom. The highest BCUT2D eigenvalue weighted by Gasteiger charge is 2.28. The van der Waals surface area contributed by atoms with Crippen LogP contribution in [0.2, 0.25) is 0 Å². The molecular formula is C16H19N3OS. The molecule has 0 saturated carbocycles. The van der Waals surface area contributed by atoms with Gasteiger partial charge in [-0.1, -0.05) is 23.8 Å². The van der Waals surface area contributed by atoms with Crippen molar-refractivity contribution >= 4 is 28.5 Å². The minimum atomic E-state index is -0.0829. The van der Waals surface area contributed by atoms with Gasteiger partial charge in [-0.2, -0.15) is 4.99 Å². The second-order valence-corrected chi connectivity index (χ2v) is 6.42. The first-order valence-electron chi connectivity index (χ1n) is 7.18. The fourth-order valence-corrected chi connectivity index (χ4v) is 3.50. The highest BCUT2D eigenvalue weighted by Crippen LogP contribution is 2.31. The van der Waals surface area contributed by atoms with Gasteiger partial charge in [-0.3, -0.25) is 4.79 Å². The largest absolute Gasteiger partial charge is 0.368 e. The quantitative estimate of drug-likeness (QED) is 0.747. The van der Waals surface area contributed by atoms with E-state index in [1.165, 1.54) is 17.4 Å². The molecule has 2 heterocycles. The van der Waals surface area contributed by atoms with E-state index in [-0.39, 0.29) is 5.91 Å². The normalized spacial score (nSPS) is 19.0. The van der Waals surface area contributed by atoms with Crippen molar-refractivity contribution in [3.63, 3.8) is 0 Å². The zero-order valence-corrected chi connectivity index (χ0v) is 13.2. The number of para-hydroxylation sites is 1. The zero-order chi connectivity index (χ0) is 14.8. The lowest BCUT2D eigenvalue weighted by Gasteiger charge is -2.36. The van der Waals surface area contributed by atoms with Gasteiger partial charge in [0.25, 0.3) is 5.91 Å². The Labute approximate surface area is 129 Å². The monoisotopic (exact) mass is 301 g/mol. The molecule has 0 aliphatic carbocycles. The molecule has 0 aromatic heterocycles. The van der Waals surface area contributed by atoms with E-state index in [1.54, 1.807) is 0 Å². The van der Waals surface area contributed by atoms with Crippen molar-refractivity contribution in [2.24, 2.45) is 4.99 Å². The fourth-order valence-electron chi connectivity index (χ4n) is 2.54. The predicted octanol–water partition coefficient (Wildman–Crippen LogP) is 2.73. The maximum Gasteiger partial charge on any atom is 0.286 e. The van der Waals surface area contributed by atoms with Crippen LogP contribution in [0.25, 0.3) is 0 Å². The number of carbonyl (C=O) groups is 1. The van der Waals surface area contributed by atoms with Crippen molar-refractivity contribution in [2.75, 3.05) is 31.1 Å². The number of amides is 1. The number of rotatable bonds is 1. The minimum Gasteiger partial charge on any atom is -0.368 e. The number of hydrogen-bond acceptors (Lipinski definition) is 4. The average molecular weight is 301 g/mol. The van der Waals surface area contributed by atoms with Gasteiger partial charge < -0.3 is 9.80 Å². The third-order valence-electron chi connectivity index (χ3n) is 3.71. The summed E-state index contributed by atoms with van der Waals surface area (Å²) in [5.74, 6) is -0.0829. The predicted molar refractivity (Wildman–Crippen MR) is 88.6 cm³/mol. The summed E-state index contributed by atoms with van der Waals surface area (Å²) in [5, 5.41) is 0.865. The molecule has 1 aromatic rings. The van der Waals surface area contributed by atoms with Gasteiger partial charge in [-0.15, -0.1) is 0 Å². The number of thioether (sulfide) groups is 1. The minimum absolute atomic E-state index is 0.0829. The van der Waals surface area contributed by atoms with Crippen LogP contribution < -0.4 is 4.90 Å². The van der Waals surface area contributed by atoms with Gasteiger partial charge >= 0.3 is 0 Å². The van der Waals surface area contributed by atoms with E-state index in [2.05, 4.69) is 39.1 Å². The highest BCUT2D eigenvalue weighted by atomic mass is 32.2. The number of benzene rings is 1. The van der Waals surface area contributed by atoms with E-state index >= 15 is 0 Å². The molecule has 3 rings (SSSR count). The third kappa shape index (κ3) is 2.97.